The number of rotatable bonds is 2. The molecule has 0 fully saturated rings. The quantitative estimate of drug-likeness (QED) is 0.256. The summed E-state index contributed by atoms with van der Waals surface area (Å²) in [6, 6.07) is 36.2. The minimum atomic E-state index is 0.00519. The van der Waals surface area contributed by atoms with E-state index in [4.69, 9.17) is 9.15 Å². The maximum atomic E-state index is 6.61. The Labute approximate surface area is 208 Å². The smallest absolute Gasteiger partial charge is 0.143 e. The highest BCUT2D eigenvalue weighted by Gasteiger charge is 2.35. The molecule has 2 aliphatic rings. The van der Waals surface area contributed by atoms with Crippen molar-refractivity contribution in [3.63, 3.8) is 0 Å². The number of furan rings is 1. The van der Waals surface area contributed by atoms with E-state index in [2.05, 4.69) is 115 Å². The highest BCUT2D eigenvalue weighted by molar-refractivity contribution is 6.16. The third kappa shape index (κ3) is 2.85. The van der Waals surface area contributed by atoms with Gasteiger partial charge in [0.1, 0.15) is 23.0 Å². The van der Waals surface area contributed by atoms with E-state index in [-0.39, 0.29) is 12.0 Å². The number of fused-ring (bicyclic) bond motifs is 9. The largest absolute Gasteiger partial charge is 0.484 e. The zero-order valence-corrected chi connectivity index (χ0v) is 19.5. The molecule has 1 aromatic heterocycles. The molecule has 2 atom stereocenters. The third-order valence-electron chi connectivity index (χ3n) is 7.62. The predicted molar refractivity (Wildman–Crippen MR) is 147 cm³/mol. The monoisotopic (exact) mass is 462 g/mol. The lowest BCUT2D eigenvalue weighted by Gasteiger charge is -2.18. The van der Waals surface area contributed by atoms with Crippen LogP contribution in [0.3, 0.4) is 0 Å². The Morgan fingerprint density at radius 3 is 2.11 bits per heavy atom. The average Bonchev–Trinajstić information content (AvgIpc) is 3.51. The van der Waals surface area contributed by atoms with Crippen LogP contribution in [0.1, 0.15) is 17.0 Å². The van der Waals surface area contributed by atoms with Crippen LogP contribution in [0.25, 0.3) is 49.4 Å². The van der Waals surface area contributed by atoms with Gasteiger partial charge >= 0.3 is 0 Å². The topological polar surface area (TPSA) is 22.4 Å². The van der Waals surface area contributed by atoms with Crippen molar-refractivity contribution in [3.05, 3.63) is 132 Å². The molecule has 2 nitrogen and oxygen atoms in total. The molecule has 170 valence electrons. The van der Waals surface area contributed by atoms with Crippen LogP contribution in [0.2, 0.25) is 0 Å². The molecule has 2 heterocycles. The van der Waals surface area contributed by atoms with Crippen molar-refractivity contribution in [1.29, 1.82) is 0 Å². The van der Waals surface area contributed by atoms with E-state index in [9.17, 15) is 0 Å². The minimum Gasteiger partial charge on any atom is -0.484 e. The first-order valence-electron chi connectivity index (χ1n) is 12.4. The second-order valence-electron chi connectivity index (χ2n) is 9.66. The van der Waals surface area contributed by atoms with Crippen LogP contribution in [-0.4, -0.2) is 6.10 Å². The van der Waals surface area contributed by atoms with Crippen molar-refractivity contribution in [1.82, 2.24) is 0 Å². The van der Waals surface area contributed by atoms with Crippen LogP contribution >= 0.6 is 0 Å². The molecule has 0 saturated carbocycles. The number of ether oxygens (including phenoxy) is 1. The molecule has 0 radical (unpaired) electrons. The van der Waals surface area contributed by atoms with E-state index in [0.29, 0.717) is 0 Å². The fourth-order valence-electron chi connectivity index (χ4n) is 5.83. The van der Waals surface area contributed by atoms with Crippen LogP contribution in [-0.2, 0) is 0 Å². The molecule has 0 amide bonds. The Morgan fingerprint density at radius 1 is 0.583 bits per heavy atom. The van der Waals surface area contributed by atoms with Gasteiger partial charge in [-0.25, -0.2) is 0 Å². The summed E-state index contributed by atoms with van der Waals surface area (Å²) in [5.74, 6) is 1.21. The van der Waals surface area contributed by atoms with E-state index in [1.165, 1.54) is 22.3 Å². The van der Waals surface area contributed by atoms with Crippen molar-refractivity contribution in [2.45, 2.75) is 12.0 Å². The van der Waals surface area contributed by atoms with E-state index >= 15 is 0 Å². The molecule has 2 unspecified atom stereocenters. The summed E-state index contributed by atoms with van der Waals surface area (Å²) in [4.78, 5) is 0. The van der Waals surface area contributed by atoms with Gasteiger partial charge in [0.2, 0.25) is 0 Å². The van der Waals surface area contributed by atoms with Gasteiger partial charge in [-0.15, -0.1) is 0 Å². The SMILES string of the molecule is C1=CC2c3ccc4c(ccc5c6ccc(-c7ccccc7)cc6oc45)c3OC2C=C1c1ccccc1. The molecule has 0 N–H and O–H groups in total. The van der Waals surface area contributed by atoms with Gasteiger partial charge in [-0.1, -0.05) is 91.0 Å². The zero-order valence-electron chi connectivity index (χ0n) is 19.5. The van der Waals surface area contributed by atoms with Gasteiger partial charge in [0.25, 0.3) is 0 Å². The normalized spacial score (nSPS) is 18.3. The highest BCUT2D eigenvalue weighted by atomic mass is 16.5. The summed E-state index contributed by atoms with van der Waals surface area (Å²) >= 11 is 0. The lowest BCUT2D eigenvalue weighted by molar-refractivity contribution is 0.272. The van der Waals surface area contributed by atoms with Gasteiger partial charge in [0.05, 0.1) is 0 Å². The van der Waals surface area contributed by atoms with E-state index in [1.807, 2.05) is 6.07 Å². The number of benzene rings is 5. The third-order valence-corrected chi connectivity index (χ3v) is 7.62. The molecule has 0 spiro atoms. The van der Waals surface area contributed by atoms with E-state index in [1.54, 1.807) is 0 Å². The Bertz CT molecular complexity index is 1860. The van der Waals surface area contributed by atoms with Crippen molar-refractivity contribution in [2.75, 3.05) is 0 Å². The first kappa shape index (κ1) is 19.7. The predicted octanol–water partition coefficient (Wildman–Crippen LogP) is 8.90. The van der Waals surface area contributed by atoms with Gasteiger partial charge < -0.3 is 9.15 Å². The van der Waals surface area contributed by atoms with Crippen LogP contribution in [0.4, 0.5) is 0 Å². The van der Waals surface area contributed by atoms with Gasteiger partial charge in [0.15, 0.2) is 0 Å². The highest BCUT2D eigenvalue weighted by Crippen LogP contribution is 2.48. The Kier molecular flexibility index (Phi) is 4.09. The molecule has 0 bridgehead atoms. The van der Waals surface area contributed by atoms with Crippen LogP contribution in [0, 0.1) is 0 Å². The first-order valence-corrected chi connectivity index (χ1v) is 12.4. The summed E-state index contributed by atoms with van der Waals surface area (Å²) in [5.41, 5.74) is 7.85. The van der Waals surface area contributed by atoms with E-state index in [0.717, 1.165) is 44.0 Å². The first-order chi connectivity index (χ1) is 17.8. The lowest BCUT2D eigenvalue weighted by atomic mass is 9.87. The van der Waals surface area contributed by atoms with Gasteiger partial charge in [-0.3, -0.25) is 0 Å². The fraction of sp³-hybridized carbons (Fsp3) is 0.0588. The second kappa shape index (κ2) is 7.47. The molecule has 0 saturated heterocycles. The minimum absolute atomic E-state index is 0.00519. The molecular formula is C34H22O2. The van der Waals surface area contributed by atoms with Gasteiger partial charge in [-0.2, -0.15) is 0 Å². The molecular weight excluding hydrogens is 440 g/mol. The molecule has 1 aliphatic heterocycles. The Balaban J connectivity index is 1.25. The molecule has 8 rings (SSSR count). The second-order valence-corrected chi connectivity index (χ2v) is 9.66. The van der Waals surface area contributed by atoms with Crippen molar-refractivity contribution >= 4 is 38.3 Å². The summed E-state index contributed by atoms with van der Waals surface area (Å²) in [6.07, 6.45) is 6.78. The van der Waals surface area contributed by atoms with Crippen molar-refractivity contribution in [3.8, 4) is 16.9 Å². The number of allylic oxidation sites excluding steroid dienone is 2. The maximum absolute atomic E-state index is 6.61. The number of hydrogen-bond donors (Lipinski definition) is 0. The van der Waals surface area contributed by atoms with Gasteiger partial charge in [-0.05, 0) is 52.6 Å². The lowest BCUT2D eigenvalue weighted by Crippen LogP contribution is -2.17. The molecule has 5 aromatic carbocycles. The number of hydrogen-bond acceptors (Lipinski definition) is 2. The zero-order chi connectivity index (χ0) is 23.6. The molecule has 36 heavy (non-hydrogen) atoms. The summed E-state index contributed by atoms with van der Waals surface area (Å²) in [5, 5.41) is 4.48. The Hall–Kier alpha value is -4.56. The molecule has 6 aromatic rings. The van der Waals surface area contributed by atoms with Crippen molar-refractivity contribution < 1.29 is 9.15 Å². The summed E-state index contributed by atoms with van der Waals surface area (Å²) < 4.78 is 13.1. The standard InChI is InChI=1S/C34H22O2/c1-3-7-21(8-4-1)23-11-13-25-27-15-17-30-29(33(27)35-31(25)19-23)18-16-28-26-14-12-24(20-32(26)36-34(28)30)22-9-5-2-6-10-22/h1-20,25,31H. The van der Waals surface area contributed by atoms with Crippen LogP contribution < -0.4 is 4.74 Å². The van der Waals surface area contributed by atoms with Crippen molar-refractivity contribution in [2.24, 2.45) is 0 Å². The summed E-state index contributed by atoms with van der Waals surface area (Å²) in [6.45, 7) is 0. The van der Waals surface area contributed by atoms with E-state index < -0.39 is 0 Å². The maximum Gasteiger partial charge on any atom is 0.143 e. The average molecular weight is 463 g/mol. The van der Waals surface area contributed by atoms with Crippen LogP contribution in [0.15, 0.2) is 126 Å². The molecule has 1 aliphatic carbocycles. The summed E-state index contributed by atoms with van der Waals surface area (Å²) in [7, 11) is 0. The Morgan fingerprint density at radius 2 is 1.28 bits per heavy atom. The van der Waals surface area contributed by atoms with Gasteiger partial charge in [0, 0.05) is 33.0 Å². The molecule has 2 heteroatoms. The van der Waals surface area contributed by atoms with Crippen LogP contribution in [0.5, 0.6) is 5.75 Å². The fourth-order valence-corrected chi connectivity index (χ4v) is 5.83.